The molecule has 0 saturated heterocycles. The Hall–Kier alpha value is -2.82. The molecule has 5 heteroatoms. The van der Waals surface area contributed by atoms with E-state index >= 15 is 0 Å². The highest BCUT2D eigenvalue weighted by Gasteiger charge is 2.70. The van der Waals surface area contributed by atoms with Crippen LogP contribution in [0.4, 0.5) is 0 Å². The highest BCUT2D eigenvalue weighted by atomic mass is 16.5. The summed E-state index contributed by atoms with van der Waals surface area (Å²) in [7, 11) is 1.63. The van der Waals surface area contributed by atoms with Gasteiger partial charge < -0.3 is 14.8 Å². The quantitative estimate of drug-likeness (QED) is 0.887. The van der Waals surface area contributed by atoms with Gasteiger partial charge in [-0.3, -0.25) is 9.59 Å². The number of ketones is 1. The van der Waals surface area contributed by atoms with E-state index in [2.05, 4.69) is 5.32 Å². The molecule has 1 aliphatic heterocycles. The Morgan fingerprint density at radius 2 is 2.11 bits per heavy atom. The van der Waals surface area contributed by atoms with Gasteiger partial charge >= 0.3 is 0 Å². The third kappa shape index (κ3) is 2.68. The maximum atomic E-state index is 12.8. The van der Waals surface area contributed by atoms with Crippen LogP contribution in [0.2, 0.25) is 0 Å². The van der Waals surface area contributed by atoms with Crippen molar-refractivity contribution in [3.05, 3.63) is 59.7 Å². The lowest BCUT2D eigenvalue weighted by molar-refractivity contribution is -0.124. The number of para-hydroxylation sites is 1. The number of fused-ring (bicyclic) bond motifs is 3. The van der Waals surface area contributed by atoms with Gasteiger partial charge in [0.25, 0.3) is 0 Å². The third-order valence-corrected chi connectivity index (χ3v) is 6.54. The van der Waals surface area contributed by atoms with Crippen molar-refractivity contribution in [3.8, 4) is 11.5 Å². The molecule has 0 bridgehead atoms. The average Bonchev–Trinajstić information content (AvgIpc) is 3.37. The second-order valence-electron chi connectivity index (χ2n) is 8.09. The molecular weight excluding hydrogens is 354 g/mol. The summed E-state index contributed by atoms with van der Waals surface area (Å²) < 4.78 is 11.6. The molecule has 2 aliphatic carbocycles. The normalized spacial score (nSPS) is 29.6. The van der Waals surface area contributed by atoms with Crippen molar-refractivity contribution < 1.29 is 19.1 Å². The zero-order chi connectivity index (χ0) is 19.3. The number of ether oxygens (including phenoxy) is 2. The molecule has 1 N–H and O–H groups in total. The van der Waals surface area contributed by atoms with Crippen molar-refractivity contribution in [2.24, 2.45) is 17.8 Å². The Bertz CT molecular complexity index is 955. The summed E-state index contributed by atoms with van der Waals surface area (Å²) in [6.45, 7) is 0.474. The number of hydrogen-bond donors (Lipinski definition) is 1. The van der Waals surface area contributed by atoms with Crippen molar-refractivity contribution >= 4 is 11.7 Å². The van der Waals surface area contributed by atoms with Crippen LogP contribution in [0, 0.1) is 17.8 Å². The van der Waals surface area contributed by atoms with Crippen LogP contribution in [0.25, 0.3) is 0 Å². The van der Waals surface area contributed by atoms with Gasteiger partial charge in [0.1, 0.15) is 17.1 Å². The molecule has 5 nitrogen and oxygen atoms in total. The number of benzene rings is 2. The van der Waals surface area contributed by atoms with E-state index in [9.17, 15) is 9.59 Å². The smallest absolute Gasteiger partial charge is 0.224 e. The van der Waals surface area contributed by atoms with Gasteiger partial charge in [-0.25, -0.2) is 0 Å². The van der Waals surface area contributed by atoms with Gasteiger partial charge in [-0.15, -0.1) is 0 Å². The maximum Gasteiger partial charge on any atom is 0.224 e. The molecule has 1 amide bonds. The van der Waals surface area contributed by atoms with Crippen LogP contribution in [0.3, 0.4) is 0 Å². The van der Waals surface area contributed by atoms with Gasteiger partial charge in [-0.2, -0.15) is 0 Å². The lowest BCUT2D eigenvalue weighted by Crippen LogP contribution is -2.44. The SMILES string of the molecule is COc1cccc(CNC(=O)[C@@H]2[C@@H]3CC[C@@]4(CC(=O)c5ccccc5O4)[C@@H]32)c1. The van der Waals surface area contributed by atoms with E-state index in [0.717, 1.165) is 24.2 Å². The fourth-order valence-electron chi connectivity index (χ4n) is 5.21. The number of nitrogens with one attached hydrogen (secondary N) is 1. The first-order valence-corrected chi connectivity index (χ1v) is 9.83. The Morgan fingerprint density at radius 1 is 1.25 bits per heavy atom. The molecule has 0 unspecified atom stereocenters. The first-order chi connectivity index (χ1) is 13.6. The fraction of sp³-hybridized carbons (Fsp3) is 0.391. The first kappa shape index (κ1) is 17.3. The Kier molecular flexibility index (Phi) is 3.93. The Labute approximate surface area is 164 Å². The minimum Gasteiger partial charge on any atom is -0.497 e. The summed E-state index contributed by atoms with van der Waals surface area (Å²) >= 11 is 0. The molecule has 28 heavy (non-hydrogen) atoms. The number of methoxy groups -OCH3 is 1. The molecule has 3 aliphatic rings. The minimum absolute atomic E-state index is 0.0579. The standard InChI is InChI=1S/C23H23NO4/c1-27-15-6-4-5-14(11-15)13-24-22(26)20-17-9-10-23(21(17)20)12-18(25)16-7-2-3-8-19(16)28-23/h2-8,11,17,20-21H,9-10,12-13H2,1H3,(H,24,26)/t17-,20+,21-,23+/m0/s1. The van der Waals surface area contributed by atoms with E-state index in [1.807, 2.05) is 48.5 Å². The van der Waals surface area contributed by atoms with Crippen LogP contribution in [0.1, 0.15) is 35.2 Å². The Morgan fingerprint density at radius 3 is 2.96 bits per heavy atom. The Balaban J connectivity index is 1.28. The summed E-state index contributed by atoms with van der Waals surface area (Å²) in [5.41, 5.74) is 1.16. The molecule has 2 saturated carbocycles. The van der Waals surface area contributed by atoms with E-state index in [0.29, 0.717) is 30.2 Å². The van der Waals surface area contributed by atoms with E-state index in [-0.39, 0.29) is 23.5 Å². The van der Waals surface area contributed by atoms with E-state index in [1.54, 1.807) is 7.11 Å². The van der Waals surface area contributed by atoms with Gasteiger partial charge in [0.05, 0.1) is 19.1 Å². The van der Waals surface area contributed by atoms with Crippen molar-refractivity contribution in [2.45, 2.75) is 31.4 Å². The summed E-state index contributed by atoms with van der Waals surface area (Å²) in [5.74, 6) is 2.04. The third-order valence-electron chi connectivity index (χ3n) is 6.54. The second kappa shape index (κ2) is 6.36. The molecule has 2 fully saturated rings. The van der Waals surface area contributed by atoms with Crippen molar-refractivity contribution in [1.29, 1.82) is 0 Å². The molecule has 2 aromatic carbocycles. The van der Waals surface area contributed by atoms with Crippen LogP contribution < -0.4 is 14.8 Å². The number of amides is 1. The number of Topliss-reactive ketones (excluding diaryl/α,β-unsaturated/α-hetero) is 1. The van der Waals surface area contributed by atoms with E-state index in [4.69, 9.17) is 9.47 Å². The van der Waals surface area contributed by atoms with Crippen LogP contribution >= 0.6 is 0 Å². The number of hydrogen-bond acceptors (Lipinski definition) is 4. The maximum absolute atomic E-state index is 12.8. The van der Waals surface area contributed by atoms with Gasteiger partial charge in [0.2, 0.25) is 5.91 Å². The van der Waals surface area contributed by atoms with Gasteiger partial charge in [-0.05, 0) is 48.6 Å². The zero-order valence-corrected chi connectivity index (χ0v) is 15.8. The fourth-order valence-corrected chi connectivity index (χ4v) is 5.21. The molecule has 0 aromatic heterocycles. The van der Waals surface area contributed by atoms with Crippen molar-refractivity contribution in [3.63, 3.8) is 0 Å². The number of carbonyl (C=O) groups excluding carboxylic acids is 2. The van der Waals surface area contributed by atoms with Crippen molar-refractivity contribution in [1.82, 2.24) is 5.32 Å². The number of carbonyl (C=O) groups is 2. The predicted octanol–water partition coefficient (Wildman–Crippen LogP) is 3.37. The molecule has 4 atom stereocenters. The number of rotatable bonds is 4. The molecule has 2 aromatic rings. The summed E-state index contributed by atoms with van der Waals surface area (Å²) in [6, 6.07) is 15.1. The van der Waals surface area contributed by atoms with E-state index < -0.39 is 5.60 Å². The molecule has 144 valence electrons. The highest BCUT2D eigenvalue weighted by Crippen LogP contribution is 2.65. The first-order valence-electron chi connectivity index (χ1n) is 9.83. The lowest BCUT2D eigenvalue weighted by atomic mass is 9.84. The van der Waals surface area contributed by atoms with Crippen LogP contribution in [-0.4, -0.2) is 24.4 Å². The van der Waals surface area contributed by atoms with Crippen molar-refractivity contribution in [2.75, 3.05) is 7.11 Å². The molecule has 0 radical (unpaired) electrons. The second-order valence-corrected chi connectivity index (χ2v) is 8.09. The van der Waals surface area contributed by atoms with Gasteiger partial charge in [0, 0.05) is 18.4 Å². The van der Waals surface area contributed by atoms with Crippen LogP contribution in [0.5, 0.6) is 11.5 Å². The topological polar surface area (TPSA) is 64.6 Å². The molecule has 1 spiro atoms. The van der Waals surface area contributed by atoms with Crippen LogP contribution in [0.15, 0.2) is 48.5 Å². The zero-order valence-electron chi connectivity index (χ0n) is 15.8. The predicted molar refractivity (Wildman–Crippen MR) is 103 cm³/mol. The summed E-state index contributed by atoms with van der Waals surface area (Å²) in [6.07, 6.45) is 2.17. The monoisotopic (exact) mass is 377 g/mol. The van der Waals surface area contributed by atoms with Gasteiger partial charge in [-0.1, -0.05) is 24.3 Å². The summed E-state index contributed by atoms with van der Waals surface area (Å²) in [5, 5.41) is 3.06. The summed E-state index contributed by atoms with van der Waals surface area (Å²) in [4.78, 5) is 25.5. The average molecular weight is 377 g/mol. The lowest BCUT2D eigenvalue weighted by Gasteiger charge is -2.37. The van der Waals surface area contributed by atoms with Gasteiger partial charge in [0.15, 0.2) is 5.78 Å². The highest BCUT2D eigenvalue weighted by molar-refractivity contribution is 6.00. The van der Waals surface area contributed by atoms with E-state index in [1.165, 1.54) is 0 Å². The van der Waals surface area contributed by atoms with Crippen LogP contribution in [-0.2, 0) is 11.3 Å². The molecular formula is C23H23NO4. The minimum atomic E-state index is -0.506. The molecule has 5 rings (SSSR count). The largest absolute Gasteiger partial charge is 0.497 e. The molecule has 1 heterocycles.